The second kappa shape index (κ2) is 9.41. The third-order valence-electron chi connectivity index (χ3n) is 6.28. The highest BCUT2D eigenvalue weighted by Crippen LogP contribution is 2.45. The number of rotatable bonds is 4. The first-order chi connectivity index (χ1) is 11.9. The molecule has 2 saturated heterocycles. The van der Waals surface area contributed by atoms with E-state index in [1.165, 1.54) is 38.4 Å². The van der Waals surface area contributed by atoms with E-state index in [1.807, 2.05) is 0 Å². The van der Waals surface area contributed by atoms with Crippen molar-refractivity contribution in [1.29, 1.82) is 0 Å². The van der Waals surface area contributed by atoms with Crippen molar-refractivity contribution in [2.24, 2.45) is 16.3 Å². The molecule has 1 aliphatic carbocycles. The molecule has 26 heavy (non-hydrogen) atoms. The van der Waals surface area contributed by atoms with Gasteiger partial charge < -0.3 is 10.2 Å². The highest BCUT2D eigenvalue weighted by atomic mass is 127. The van der Waals surface area contributed by atoms with Crippen molar-refractivity contribution in [2.75, 3.05) is 45.5 Å². The van der Waals surface area contributed by atoms with E-state index in [4.69, 9.17) is 4.99 Å². The maximum Gasteiger partial charge on any atom is 0.211 e. The van der Waals surface area contributed by atoms with Crippen LogP contribution in [0.5, 0.6) is 0 Å². The van der Waals surface area contributed by atoms with E-state index in [-0.39, 0.29) is 24.0 Å². The van der Waals surface area contributed by atoms with Crippen LogP contribution in [0.2, 0.25) is 0 Å². The third kappa shape index (κ3) is 5.47. The Morgan fingerprint density at radius 2 is 1.81 bits per heavy atom. The minimum atomic E-state index is -3.04. The first-order valence-electron chi connectivity index (χ1n) is 9.90. The van der Waals surface area contributed by atoms with Crippen molar-refractivity contribution >= 4 is 40.0 Å². The fourth-order valence-corrected chi connectivity index (χ4v) is 5.59. The average Bonchev–Trinajstić information content (AvgIpc) is 3.21. The van der Waals surface area contributed by atoms with Crippen molar-refractivity contribution in [3.05, 3.63) is 0 Å². The van der Waals surface area contributed by atoms with Gasteiger partial charge in [-0.05, 0) is 50.4 Å². The van der Waals surface area contributed by atoms with E-state index in [1.54, 1.807) is 4.31 Å². The first-order valence-corrected chi connectivity index (χ1v) is 11.8. The molecule has 152 valence electrons. The largest absolute Gasteiger partial charge is 0.357 e. The zero-order chi connectivity index (χ0) is 17.9. The molecule has 2 aliphatic heterocycles. The monoisotopic (exact) mass is 498 g/mol. The van der Waals surface area contributed by atoms with Crippen LogP contribution in [0.4, 0.5) is 0 Å². The number of aliphatic imine (C=N–C) groups is 1. The van der Waals surface area contributed by atoms with Crippen molar-refractivity contribution in [3.8, 4) is 0 Å². The lowest BCUT2D eigenvalue weighted by Gasteiger charge is -2.30. The van der Waals surface area contributed by atoms with Gasteiger partial charge in [-0.25, -0.2) is 12.7 Å². The molecule has 8 heteroatoms. The van der Waals surface area contributed by atoms with Gasteiger partial charge in [0, 0.05) is 39.3 Å². The van der Waals surface area contributed by atoms with Gasteiger partial charge in [-0.1, -0.05) is 12.8 Å². The van der Waals surface area contributed by atoms with Crippen molar-refractivity contribution in [3.63, 3.8) is 0 Å². The Labute approximate surface area is 176 Å². The molecule has 0 aromatic carbocycles. The van der Waals surface area contributed by atoms with Gasteiger partial charge in [-0.3, -0.25) is 4.99 Å². The molecule has 0 amide bonds. The van der Waals surface area contributed by atoms with Gasteiger partial charge in [0.25, 0.3) is 0 Å². The zero-order valence-electron chi connectivity index (χ0n) is 16.2. The molecule has 0 atom stereocenters. The molecule has 0 unspecified atom stereocenters. The molecule has 3 aliphatic rings. The quantitative estimate of drug-likeness (QED) is 0.368. The second-order valence-corrected chi connectivity index (χ2v) is 10.2. The fraction of sp³-hybridized carbons (Fsp3) is 0.944. The summed E-state index contributed by atoms with van der Waals surface area (Å²) < 4.78 is 24.8. The van der Waals surface area contributed by atoms with E-state index < -0.39 is 10.0 Å². The standard InChI is InChI=1S/C18H34N4O2S.HI/c1-3-19-17(21-13-10-18(15-21)8-4-5-9-18)20-14-16-6-11-22(12-7-16)25(2,23)24;/h16H,3-15H2,1-2H3,(H,19,20);1H. The normalized spacial score (nSPS) is 24.8. The summed E-state index contributed by atoms with van der Waals surface area (Å²) in [6, 6.07) is 0. The highest BCUT2D eigenvalue weighted by molar-refractivity contribution is 14.0. The van der Waals surface area contributed by atoms with Crippen LogP contribution in [-0.4, -0.2) is 69.1 Å². The molecule has 6 nitrogen and oxygen atoms in total. The molecule has 0 aromatic heterocycles. The van der Waals surface area contributed by atoms with Gasteiger partial charge in [-0.2, -0.15) is 0 Å². The Balaban J connectivity index is 0.00000243. The predicted molar refractivity (Wildman–Crippen MR) is 118 cm³/mol. The average molecular weight is 498 g/mol. The van der Waals surface area contributed by atoms with Crippen molar-refractivity contribution in [2.45, 2.75) is 51.9 Å². The van der Waals surface area contributed by atoms with Crippen molar-refractivity contribution in [1.82, 2.24) is 14.5 Å². The molecule has 0 radical (unpaired) electrons. The number of nitrogens with zero attached hydrogens (tertiary/aromatic N) is 3. The Kier molecular flexibility index (Phi) is 8.03. The number of hydrogen-bond acceptors (Lipinski definition) is 3. The minimum absolute atomic E-state index is 0. The van der Waals surface area contributed by atoms with Gasteiger partial charge in [0.2, 0.25) is 10.0 Å². The molecular formula is C18H35IN4O2S. The van der Waals surface area contributed by atoms with E-state index in [2.05, 4.69) is 17.1 Å². The summed E-state index contributed by atoms with van der Waals surface area (Å²) in [5, 5.41) is 3.47. The van der Waals surface area contributed by atoms with Crippen LogP contribution in [0.25, 0.3) is 0 Å². The maximum atomic E-state index is 11.6. The number of piperidine rings is 1. The Bertz CT molecular complexity index is 582. The number of halogens is 1. The van der Waals surface area contributed by atoms with Crippen molar-refractivity contribution < 1.29 is 8.42 Å². The van der Waals surface area contributed by atoms with E-state index in [0.29, 0.717) is 24.4 Å². The fourth-order valence-electron chi connectivity index (χ4n) is 4.71. The van der Waals surface area contributed by atoms with E-state index >= 15 is 0 Å². The molecule has 0 bridgehead atoms. The summed E-state index contributed by atoms with van der Waals surface area (Å²) in [5.74, 6) is 1.56. The Hall–Kier alpha value is -0.0900. The SMILES string of the molecule is CCNC(=NCC1CCN(S(C)(=O)=O)CC1)N1CCC2(CCCC2)C1.I. The minimum Gasteiger partial charge on any atom is -0.357 e. The topological polar surface area (TPSA) is 65.0 Å². The number of likely N-dealkylation sites (tertiary alicyclic amines) is 1. The summed E-state index contributed by atoms with van der Waals surface area (Å²) in [6.45, 7) is 7.40. The zero-order valence-corrected chi connectivity index (χ0v) is 19.4. The number of guanidine groups is 1. The first kappa shape index (κ1) is 22.2. The van der Waals surface area contributed by atoms with E-state index in [9.17, 15) is 8.42 Å². The lowest BCUT2D eigenvalue weighted by molar-refractivity contribution is 0.278. The Morgan fingerprint density at radius 1 is 1.15 bits per heavy atom. The number of sulfonamides is 1. The molecule has 1 spiro atoms. The van der Waals surface area contributed by atoms with Crippen LogP contribution in [0.3, 0.4) is 0 Å². The third-order valence-corrected chi connectivity index (χ3v) is 7.58. The second-order valence-electron chi connectivity index (χ2n) is 8.18. The molecule has 0 aromatic rings. The summed E-state index contributed by atoms with van der Waals surface area (Å²) in [6.07, 6.45) is 9.99. The highest BCUT2D eigenvalue weighted by Gasteiger charge is 2.41. The number of nitrogens with one attached hydrogen (secondary N) is 1. The number of hydrogen-bond donors (Lipinski definition) is 1. The van der Waals surface area contributed by atoms with E-state index in [0.717, 1.165) is 45.0 Å². The van der Waals surface area contributed by atoms with Crippen LogP contribution >= 0.6 is 24.0 Å². The van der Waals surface area contributed by atoms with Gasteiger partial charge in [0.15, 0.2) is 5.96 Å². The lowest BCUT2D eigenvalue weighted by Crippen LogP contribution is -2.42. The molecule has 1 N–H and O–H groups in total. The van der Waals surface area contributed by atoms with Gasteiger partial charge >= 0.3 is 0 Å². The summed E-state index contributed by atoms with van der Waals surface area (Å²) in [5.41, 5.74) is 0.553. The lowest BCUT2D eigenvalue weighted by atomic mass is 9.86. The predicted octanol–water partition coefficient (Wildman–Crippen LogP) is 2.51. The molecule has 2 heterocycles. The van der Waals surface area contributed by atoms with Crippen LogP contribution in [0, 0.1) is 11.3 Å². The molecule has 1 saturated carbocycles. The Morgan fingerprint density at radius 3 is 2.38 bits per heavy atom. The summed E-state index contributed by atoms with van der Waals surface area (Å²) in [7, 11) is -3.04. The molecule has 3 rings (SSSR count). The van der Waals surface area contributed by atoms with Crippen LogP contribution < -0.4 is 5.32 Å². The van der Waals surface area contributed by atoms with Crippen LogP contribution in [0.15, 0.2) is 4.99 Å². The van der Waals surface area contributed by atoms with Crippen LogP contribution in [-0.2, 0) is 10.0 Å². The summed E-state index contributed by atoms with van der Waals surface area (Å²) in [4.78, 5) is 7.38. The van der Waals surface area contributed by atoms with Gasteiger partial charge in [0.1, 0.15) is 0 Å². The van der Waals surface area contributed by atoms with Gasteiger partial charge in [-0.15, -0.1) is 24.0 Å². The maximum absolute atomic E-state index is 11.6. The molecular weight excluding hydrogens is 463 g/mol. The smallest absolute Gasteiger partial charge is 0.211 e. The van der Waals surface area contributed by atoms with Gasteiger partial charge in [0.05, 0.1) is 6.26 Å². The van der Waals surface area contributed by atoms with Crippen LogP contribution in [0.1, 0.15) is 51.9 Å². The summed E-state index contributed by atoms with van der Waals surface area (Å²) >= 11 is 0. The molecule has 3 fully saturated rings.